The Balaban J connectivity index is 1.95. The van der Waals surface area contributed by atoms with Gasteiger partial charge in [-0.25, -0.2) is 17.5 Å². The summed E-state index contributed by atoms with van der Waals surface area (Å²) >= 11 is 0. The molecular weight excluding hydrogens is 441 g/mol. The molecule has 3 rings (SSSR count). The van der Waals surface area contributed by atoms with Crippen molar-refractivity contribution in [3.8, 4) is 11.8 Å². The summed E-state index contributed by atoms with van der Waals surface area (Å²) in [5.74, 6) is -1.96. The zero-order chi connectivity index (χ0) is 22.9. The second kappa shape index (κ2) is 8.42. The second-order valence-electron chi connectivity index (χ2n) is 6.53. The molecule has 1 unspecified atom stereocenters. The van der Waals surface area contributed by atoms with E-state index in [-0.39, 0.29) is 28.8 Å². The predicted molar refractivity (Wildman–Crippen MR) is 100 cm³/mol. The molecule has 0 spiro atoms. The first-order valence-electron chi connectivity index (χ1n) is 8.60. The van der Waals surface area contributed by atoms with Crippen LogP contribution >= 0.6 is 0 Å². The molecule has 0 fully saturated rings. The number of nitrogens with zero attached hydrogens (tertiary/aromatic N) is 2. The Morgan fingerprint density at radius 3 is 2.84 bits per heavy atom. The summed E-state index contributed by atoms with van der Waals surface area (Å²) in [6.45, 7) is -0.545. The van der Waals surface area contributed by atoms with E-state index in [1.807, 2.05) is 0 Å². The summed E-state index contributed by atoms with van der Waals surface area (Å²) in [5.41, 5.74) is -0.466. The quantitative estimate of drug-likeness (QED) is 0.638. The van der Waals surface area contributed by atoms with Gasteiger partial charge in [0.1, 0.15) is 23.4 Å². The molecule has 0 radical (unpaired) electrons. The summed E-state index contributed by atoms with van der Waals surface area (Å²) in [6, 6.07) is 3.48. The van der Waals surface area contributed by atoms with Gasteiger partial charge in [0.15, 0.2) is 11.4 Å². The van der Waals surface area contributed by atoms with Gasteiger partial charge in [-0.05, 0) is 18.2 Å². The van der Waals surface area contributed by atoms with E-state index in [2.05, 4.69) is 10.0 Å². The maximum absolute atomic E-state index is 13.5. The van der Waals surface area contributed by atoms with Crippen LogP contribution in [0, 0.1) is 17.1 Å². The average molecular weight is 456 g/mol. The van der Waals surface area contributed by atoms with E-state index < -0.39 is 51.5 Å². The maximum atomic E-state index is 13.5. The number of amides is 1. The predicted octanol–water partition coefficient (Wildman–Crippen LogP) is 1.47. The Morgan fingerprint density at radius 2 is 2.19 bits per heavy atom. The first-order chi connectivity index (χ1) is 14.5. The van der Waals surface area contributed by atoms with Crippen LogP contribution in [-0.4, -0.2) is 42.8 Å². The van der Waals surface area contributed by atoms with Crippen LogP contribution in [-0.2, 0) is 17.1 Å². The number of halogens is 3. The summed E-state index contributed by atoms with van der Waals surface area (Å²) < 4.78 is 72.2. The van der Waals surface area contributed by atoms with Crippen molar-refractivity contribution in [3.63, 3.8) is 0 Å². The molecular formula is C18H15F3N4O5S. The summed E-state index contributed by atoms with van der Waals surface area (Å²) in [7, 11) is -2.96. The Labute approximate surface area is 174 Å². The van der Waals surface area contributed by atoms with Crippen molar-refractivity contribution >= 4 is 21.6 Å². The third-order valence-electron chi connectivity index (χ3n) is 4.37. The van der Waals surface area contributed by atoms with Crippen molar-refractivity contribution in [3.05, 3.63) is 53.6 Å². The molecule has 0 saturated carbocycles. The van der Waals surface area contributed by atoms with Crippen LogP contribution in [0.25, 0.3) is 0 Å². The van der Waals surface area contributed by atoms with E-state index >= 15 is 0 Å². The number of nitriles is 1. The van der Waals surface area contributed by atoms with E-state index in [1.54, 1.807) is 6.07 Å². The normalized spacial score (nSPS) is 18.0. The largest absolute Gasteiger partial charge is 0.488 e. The SMILES string of the molecule is Cn1cc2c(c1C(=O)Nc1ccc(F)c(C#N)c1)OCC([C@H](O)C=C(F)F)NS2(=O)=O. The van der Waals surface area contributed by atoms with Gasteiger partial charge in [-0.1, -0.05) is 0 Å². The van der Waals surface area contributed by atoms with Gasteiger partial charge in [0.2, 0.25) is 10.0 Å². The molecule has 164 valence electrons. The second-order valence-corrected chi connectivity index (χ2v) is 8.21. The van der Waals surface area contributed by atoms with Crippen LogP contribution in [0.3, 0.4) is 0 Å². The fraction of sp³-hybridized carbons (Fsp3) is 0.222. The molecule has 31 heavy (non-hydrogen) atoms. The topological polar surface area (TPSA) is 133 Å². The standard InChI is InChI=1S/C18H15F3N4O5S/c1-25-7-14-17(30-8-12(24-31(14,28)29)13(26)5-15(20)21)16(25)18(27)23-10-2-3-11(19)9(4-10)6-22/h2-5,7,12-13,24,26H,8H2,1H3,(H,23,27)/t12?,13-/m1/s1. The van der Waals surface area contributed by atoms with E-state index in [9.17, 15) is 31.5 Å². The Hall–Kier alpha value is -3.34. The fourth-order valence-electron chi connectivity index (χ4n) is 2.93. The van der Waals surface area contributed by atoms with Crippen LogP contribution in [0.1, 0.15) is 16.1 Å². The van der Waals surface area contributed by atoms with Crippen molar-refractivity contribution in [2.24, 2.45) is 7.05 Å². The highest BCUT2D eigenvalue weighted by Gasteiger charge is 2.36. The number of fused-ring (bicyclic) bond motifs is 1. The third-order valence-corrected chi connectivity index (χ3v) is 5.86. The van der Waals surface area contributed by atoms with Gasteiger partial charge in [-0.2, -0.15) is 14.0 Å². The van der Waals surface area contributed by atoms with Crippen molar-refractivity contribution in [1.82, 2.24) is 9.29 Å². The smallest absolute Gasteiger partial charge is 0.276 e. The fourth-order valence-corrected chi connectivity index (χ4v) is 4.36. The lowest BCUT2D eigenvalue weighted by atomic mass is 10.2. The van der Waals surface area contributed by atoms with Crippen molar-refractivity contribution in [2.75, 3.05) is 11.9 Å². The van der Waals surface area contributed by atoms with Crippen LogP contribution in [0.5, 0.6) is 5.75 Å². The number of benzene rings is 1. The number of rotatable bonds is 4. The maximum Gasteiger partial charge on any atom is 0.276 e. The minimum atomic E-state index is -4.34. The molecule has 13 heteroatoms. The molecule has 1 amide bonds. The molecule has 2 aromatic rings. The minimum absolute atomic E-state index is 0.0735. The highest BCUT2D eigenvalue weighted by molar-refractivity contribution is 7.89. The molecule has 1 aromatic carbocycles. The molecule has 0 saturated heterocycles. The Morgan fingerprint density at radius 1 is 1.48 bits per heavy atom. The van der Waals surface area contributed by atoms with E-state index in [0.29, 0.717) is 0 Å². The molecule has 1 aromatic heterocycles. The van der Waals surface area contributed by atoms with Gasteiger partial charge in [-0.15, -0.1) is 0 Å². The van der Waals surface area contributed by atoms with Gasteiger partial charge in [0.05, 0.1) is 17.7 Å². The molecule has 1 aliphatic heterocycles. The highest BCUT2D eigenvalue weighted by atomic mass is 32.2. The van der Waals surface area contributed by atoms with Crippen molar-refractivity contribution in [2.45, 2.75) is 17.0 Å². The van der Waals surface area contributed by atoms with E-state index in [1.165, 1.54) is 17.7 Å². The zero-order valence-corrected chi connectivity index (χ0v) is 16.6. The van der Waals surface area contributed by atoms with Gasteiger partial charge in [0.25, 0.3) is 12.0 Å². The number of aromatic nitrogens is 1. The van der Waals surface area contributed by atoms with Crippen LogP contribution in [0.2, 0.25) is 0 Å². The highest BCUT2D eigenvalue weighted by Crippen LogP contribution is 2.33. The number of aliphatic hydroxyl groups excluding tert-OH is 1. The third kappa shape index (κ3) is 4.55. The minimum Gasteiger partial charge on any atom is -0.488 e. The van der Waals surface area contributed by atoms with Crippen LogP contribution in [0.4, 0.5) is 18.9 Å². The lowest BCUT2D eigenvalue weighted by molar-refractivity contribution is 0.101. The molecule has 1 aliphatic rings. The molecule has 2 atom stereocenters. The molecule has 9 nitrogen and oxygen atoms in total. The molecule has 3 N–H and O–H groups in total. The number of hydrogen-bond acceptors (Lipinski definition) is 6. The Kier molecular flexibility index (Phi) is 6.07. The van der Waals surface area contributed by atoms with E-state index in [4.69, 9.17) is 10.00 Å². The molecule has 0 bridgehead atoms. The molecule has 0 aliphatic carbocycles. The van der Waals surface area contributed by atoms with Gasteiger partial charge in [0, 0.05) is 25.0 Å². The average Bonchev–Trinajstić information content (AvgIpc) is 2.96. The number of carbonyl (C=O) groups excluding carboxylic acids is 1. The summed E-state index contributed by atoms with van der Waals surface area (Å²) in [4.78, 5) is 12.3. The Bertz CT molecular complexity index is 1220. The number of nitrogens with one attached hydrogen (secondary N) is 2. The number of carbonyl (C=O) groups is 1. The number of aryl methyl sites for hydroxylation is 1. The number of ether oxygens (including phenoxy) is 1. The first kappa shape index (κ1) is 22.3. The number of hydrogen-bond donors (Lipinski definition) is 3. The zero-order valence-electron chi connectivity index (χ0n) is 15.8. The van der Waals surface area contributed by atoms with Crippen molar-refractivity contribution < 1.29 is 36.2 Å². The van der Waals surface area contributed by atoms with Crippen LogP contribution < -0.4 is 14.8 Å². The summed E-state index contributed by atoms with van der Waals surface area (Å²) in [6.07, 6.45) is -2.83. The van der Waals surface area contributed by atoms with Gasteiger partial charge in [-0.3, -0.25) is 4.79 Å². The lowest BCUT2D eigenvalue weighted by Gasteiger charge is -2.18. The number of anilines is 1. The van der Waals surface area contributed by atoms with E-state index in [0.717, 1.165) is 18.3 Å². The summed E-state index contributed by atoms with van der Waals surface area (Å²) in [5, 5.41) is 21.1. The van der Waals surface area contributed by atoms with Crippen LogP contribution in [0.15, 0.2) is 41.4 Å². The monoisotopic (exact) mass is 456 g/mol. The molecule has 2 heterocycles. The first-order valence-corrected chi connectivity index (χ1v) is 10.1. The number of sulfonamides is 1. The van der Waals surface area contributed by atoms with Crippen molar-refractivity contribution in [1.29, 1.82) is 5.26 Å². The number of aliphatic hydroxyl groups is 1. The van der Waals surface area contributed by atoms with Gasteiger partial charge < -0.3 is 19.7 Å². The lowest BCUT2D eigenvalue weighted by Crippen LogP contribution is -2.44. The van der Waals surface area contributed by atoms with Gasteiger partial charge >= 0.3 is 0 Å².